The van der Waals surface area contributed by atoms with Gasteiger partial charge in [-0.3, -0.25) is 9.59 Å². The Bertz CT molecular complexity index is 1390. The minimum atomic E-state index is -4.95. The normalized spacial score (nSPS) is 17.4. The highest BCUT2D eigenvalue weighted by Gasteiger charge is 2.62. The first-order valence-corrected chi connectivity index (χ1v) is 12.6. The van der Waals surface area contributed by atoms with Crippen molar-refractivity contribution in [2.45, 2.75) is 38.5 Å². The molecule has 5 nitrogen and oxygen atoms in total. The zero-order chi connectivity index (χ0) is 27.1. The van der Waals surface area contributed by atoms with E-state index in [-0.39, 0.29) is 23.3 Å². The number of anilines is 1. The Balaban J connectivity index is 1.67. The predicted molar refractivity (Wildman–Crippen MR) is 134 cm³/mol. The SMILES string of the molecule is CCC(=O)N(C(=O)c1ccc(C2=NOC(c3cc(Cl)c(F)c(Cl)c3)(C(F)(F)F)C2)cc1C)c1ccsc1. The average molecular weight is 573 g/mol. The number of alkyl halides is 3. The van der Waals surface area contributed by atoms with Gasteiger partial charge in [0.05, 0.1) is 21.4 Å². The molecule has 0 bridgehead atoms. The molecule has 1 aliphatic rings. The van der Waals surface area contributed by atoms with Crippen molar-refractivity contribution in [3.8, 4) is 0 Å². The topological polar surface area (TPSA) is 59.0 Å². The van der Waals surface area contributed by atoms with Crippen molar-refractivity contribution in [3.05, 3.63) is 85.3 Å². The van der Waals surface area contributed by atoms with Crippen molar-refractivity contribution in [1.82, 2.24) is 0 Å². The molecule has 0 fully saturated rings. The number of amides is 2. The largest absolute Gasteiger partial charge is 0.435 e. The van der Waals surface area contributed by atoms with Crippen LogP contribution in [0.15, 0.2) is 52.3 Å². The van der Waals surface area contributed by atoms with Gasteiger partial charge < -0.3 is 4.84 Å². The summed E-state index contributed by atoms with van der Waals surface area (Å²) in [7, 11) is 0. The first-order chi connectivity index (χ1) is 17.4. The third kappa shape index (κ3) is 4.85. The van der Waals surface area contributed by atoms with Gasteiger partial charge in [-0.15, -0.1) is 0 Å². The van der Waals surface area contributed by atoms with E-state index in [1.807, 2.05) is 0 Å². The van der Waals surface area contributed by atoms with Crippen LogP contribution < -0.4 is 4.90 Å². The molecule has 2 aromatic carbocycles. The predicted octanol–water partition coefficient (Wildman–Crippen LogP) is 7.67. The van der Waals surface area contributed by atoms with Crippen LogP contribution in [0.4, 0.5) is 23.2 Å². The molecule has 12 heteroatoms. The maximum Gasteiger partial charge on any atom is 0.435 e. The number of carbonyl (C=O) groups excluding carboxylic acids is 2. The van der Waals surface area contributed by atoms with E-state index in [1.165, 1.54) is 29.5 Å². The maximum absolute atomic E-state index is 14.3. The van der Waals surface area contributed by atoms with Crippen LogP contribution in [-0.4, -0.2) is 23.7 Å². The first-order valence-electron chi connectivity index (χ1n) is 10.9. The quantitative estimate of drug-likeness (QED) is 0.233. The number of oxime groups is 1. The van der Waals surface area contributed by atoms with Gasteiger partial charge in [0.25, 0.3) is 11.5 Å². The summed E-state index contributed by atoms with van der Waals surface area (Å²) in [5.74, 6) is -2.00. The van der Waals surface area contributed by atoms with Crippen LogP contribution in [0, 0.1) is 12.7 Å². The smallest absolute Gasteiger partial charge is 0.374 e. The molecule has 4 rings (SSSR count). The zero-order valence-electron chi connectivity index (χ0n) is 19.3. The summed E-state index contributed by atoms with van der Waals surface area (Å²) in [4.78, 5) is 31.8. The number of hydrogen-bond donors (Lipinski definition) is 0. The Morgan fingerprint density at radius 1 is 1.16 bits per heavy atom. The van der Waals surface area contributed by atoms with Crippen molar-refractivity contribution < 1.29 is 32.0 Å². The number of imide groups is 1. The molecule has 2 amide bonds. The molecule has 1 aliphatic heterocycles. The zero-order valence-corrected chi connectivity index (χ0v) is 21.7. The van der Waals surface area contributed by atoms with E-state index in [0.29, 0.717) is 11.3 Å². The summed E-state index contributed by atoms with van der Waals surface area (Å²) >= 11 is 12.8. The second-order valence-corrected chi connectivity index (χ2v) is 9.88. The Kier molecular flexibility index (Phi) is 7.38. The standard InChI is InChI=1S/C25H18Cl2F4N2O3S/c1-3-21(34)33(16-6-7-37-12-16)23(35)17-5-4-14(8-13(17)2)20-11-24(36-32-20,25(29,30)31)15-9-18(26)22(28)19(27)10-15/h4-10,12H,3,11H2,1-2H3. The van der Waals surface area contributed by atoms with E-state index in [4.69, 9.17) is 28.0 Å². The number of benzene rings is 2. The van der Waals surface area contributed by atoms with Crippen LogP contribution in [0.5, 0.6) is 0 Å². The van der Waals surface area contributed by atoms with E-state index < -0.39 is 51.4 Å². The average Bonchev–Trinajstić information content (AvgIpc) is 3.53. The number of nitrogens with zero attached hydrogens (tertiary/aromatic N) is 2. The summed E-state index contributed by atoms with van der Waals surface area (Å²) < 4.78 is 56.7. The van der Waals surface area contributed by atoms with Crippen molar-refractivity contribution in [2.75, 3.05) is 4.90 Å². The van der Waals surface area contributed by atoms with Crippen LogP contribution in [0.3, 0.4) is 0 Å². The molecule has 3 aromatic rings. The Morgan fingerprint density at radius 2 is 1.84 bits per heavy atom. The molecule has 37 heavy (non-hydrogen) atoms. The number of carbonyl (C=O) groups is 2. The summed E-state index contributed by atoms with van der Waals surface area (Å²) in [5.41, 5.74) is -2.14. The van der Waals surface area contributed by atoms with Crippen molar-refractivity contribution in [2.24, 2.45) is 5.16 Å². The molecule has 0 aliphatic carbocycles. The maximum atomic E-state index is 14.3. The van der Waals surface area contributed by atoms with Gasteiger partial charge in [0.2, 0.25) is 5.91 Å². The molecule has 0 saturated heterocycles. The highest BCUT2D eigenvalue weighted by atomic mass is 35.5. The third-order valence-electron chi connectivity index (χ3n) is 5.95. The van der Waals surface area contributed by atoms with Crippen LogP contribution >= 0.6 is 34.5 Å². The van der Waals surface area contributed by atoms with E-state index in [2.05, 4.69) is 5.16 Å². The highest BCUT2D eigenvalue weighted by Crippen LogP contribution is 2.50. The van der Waals surface area contributed by atoms with Crippen molar-refractivity contribution in [3.63, 3.8) is 0 Å². The summed E-state index contributed by atoms with van der Waals surface area (Å²) in [6, 6.07) is 7.62. The molecule has 0 saturated carbocycles. The molecule has 1 aromatic heterocycles. The Morgan fingerprint density at radius 3 is 2.38 bits per heavy atom. The number of thiophene rings is 1. The van der Waals surface area contributed by atoms with Gasteiger partial charge >= 0.3 is 6.18 Å². The van der Waals surface area contributed by atoms with E-state index in [9.17, 15) is 27.2 Å². The van der Waals surface area contributed by atoms with E-state index in [1.54, 1.807) is 30.7 Å². The fourth-order valence-electron chi connectivity index (χ4n) is 3.97. The van der Waals surface area contributed by atoms with E-state index in [0.717, 1.165) is 17.0 Å². The summed E-state index contributed by atoms with van der Waals surface area (Å²) in [5, 5.41) is 5.92. The number of rotatable bonds is 5. The number of aryl methyl sites for hydroxylation is 1. The van der Waals surface area contributed by atoms with Gasteiger partial charge in [0, 0.05) is 29.3 Å². The molecule has 0 spiro atoms. The van der Waals surface area contributed by atoms with E-state index >= 15 is 0 Å². The number of hydrogen-bond acceptors (Lipinski definition) is 5. The monoisotopic (exact) mass is 572 g/mol. The Hall–Kier alpha value is -2.95. The molecule has 0 radical (unpaired) electrons. The fourth-order valence-corrected chi connectivity index (χ4v) is 5.07. The van der Waals surface area contributed by atoms with Gasteiger partial charge in [0.15, 0.2) is 5.82 Å². The van der Waals surface area contributed by atoms with Gasteiger partial charge in [-0.05, 0) is 53.8 Å². The van der Waals surface area contributed by atoms with Crippen LogP contribution in [0.1, 0.15) is 46.8 Å². The first kappa shape index (κ1) is 27.1. The van der Waals surface area contributed by atoms with Crippen molar-refractivity contribution >= 4 is 57.8 Å². The van der Waals surface area contributed by atoms with Crippen LogP contribution in [-0.2, 0) is 15.2 Å². The van der Waals surface area contributed by atoms with Gasteiger partial charge in [-0.2, -0.15) is 24.5 Å². The minimum Gasteiger partial charge on any atom is -0.374 e. The van der Waals surface area contributed by atoms with Gasteiger partial charge in [-0.25, -0.2) is 9.29 Å². The third-order valence-corrected chi connectivity index (χ3v) is 7.17. The highest BCUT2D eigenvalue weighted by molar-refractivity contribution is 7.08. The minimum absolute atomic E-state index is 0.0460. The molecular weight excluding hydrogens is 555 g/mol. The molecule has 1 unspecified atom stereocenters. The molecule has 2 heterocycles. The summed E-state index contributed by atoms with van der Waals surface area (Å²) in [6.45, 7) is 3.24. The molecule has 0 N–H and O–H groups in total. The lowest BCUT2D eigenvalue weighted by molar-refractivity contribution is -0.275. The lowest BCUT2D eigenvalue weighted by Crippen LogP contribution is -2.42. The lowest BCUT2D eigenvalue weighted by atomic mass is 9.86. The molecule has 194 valence electrons. The lowest BCUT2D eigenvalue weighted by Gasteiger charge is -2.29. The van der Waals surface area contributed by atoms with Crippen molar-refractivity contribution in [1.29, 1.82) is 0 Å². The molecule has 1 atom stereocenters. The second kappa shape index (κ2) is 10.1. The fraction of sp³-hybridized carbons (Fsp3) is 0.240. The van der Waals surface area contributed by atoms with Crippen LogP contribution in [0.2, 0.25) is 10.0 Å². The van der Waals surface area contributed by atoms with Gasteiger partial charge in [-0.1, -0.05) is 41.3 Å². The van der Waals surface area contributed by atoms with Gasteiger partial charge in [0.1, 0.15) is 0 Å². The van der Waals surface area contributed by atoms with Crippen LogP contribution in [0.25, 0.3) is 0 Å². The Labute approximate surface area is 223 Å². The molecular formula is C25H18Cl2F4N2O3S. The summed E-state index contributed by atoms with van der Waals surface area (Å²) in [6.07, 6.45) is -5.59. The second-order valence-electron chi connectivity index (χ2n) is 8.28. The number of halogens is 6.